The molecule has 12 heteroatoms. The van der Waals surface area contributed by atoms with E-state index in [1.165, 1.54) is 0 Å². The molecule has 2 saturated heterocycles. The number of nitrogens with two attached hydrogens (primary N) is 2. The number of imidazole rings is 1. The average Bonchev–Trinajstić information content (AvgIpc) is 3.20. The molecule has 2 aliphatic heterocycles. The lowest BCUT2D eigenvalue weighted by Crippen LogP contribution is -2.66. The average molecular weight is 511 g/mol. The van der Waals surface area contributed by atoms with Crippen molar-refractivity contribution in [3.8, 4) is 0 Å². The second-order valence-electron chi connectivity index (χ2n) is 10.4. The van der Waals surface area contributed by atoms with Gasteiger partial charge in [-0.2, -0.15) is 0 Å². The number of hydrogen-bond donors (Lipinski definition) is 3. The molecule has 3 aliphatic rings. The molecule has 3 aromatic rings. The number of amidine groups is 1. The van der Waals surface area contributed by atoms with E-state index in [0.29, 0.717) is 22.6 Å². The first-order valence-electron chi connectivity index (χ1n) is 12.1. The molecule has 3 fully saturated rings. The third-order valence-electron chi connectivity index (χ3n) is 7.40. The summed E-state index contributed by atoms with van der Waals surface area (Å²) in [6.45, 7) is 5.34. The lowest BCUT2D eigenvalue weighted by atomic mass is 9.78. The monoisotopic (exact) mass is 510 g/mol. The molecule has 0 radical (unpaired) electrons. The summed E-state index contributed by atoms with van der Waals surface area (Å²) in [6, 6.07) is 8.56. The largest absolute Gasteiger partial charge is 0.382 e. The number of pyridine rings is 1. The summed E-state index contributed by atoms with van der Waals surface area (Å²) < 4.78 is 33.5. The third kappa shape index (κ3) is 4.25. The van der Waals surface area contributed by atoms with Gasteiger partial charge in [0.1, 0.15) is 11.3 Å². The number of fused-ring (bicyclic) bond motifs is 1. The molecule has 1 spiro atoms. The van der Waals surface area contributed by atoms with Crippen LogP contribution in [0.15, 0.2) is 47.8 Å². The zero-order chi connectivity index (χ0) is 25.9. The number of aryl methyl sites for hydroxylation is 1. The summed E-state index contributed by atoms with van der Waals surface area (Å²) >= 11 is 0. The number of carbonyl (C=O) groups is 1. The summed E-state index contributed by atoms with van der Waals surface area (Å²) in [5.41, 5.74) is 10.3. The van der Waals surface area contributed by atoms with Crippen LogP contribution in [-0.2, 0) is 4.74 Å². The molecule has 0 atom stereocenters. The van der Waals surface area contributed by atoms with Crippen LogP contribution >= 0.6 is 0 Å². The smallest absolute Gasteiger partial charge is 0.274 e. The Labute approximate surface area is 211 Å². The number of nitrogens with one attached hydrogen (secondary N) is 1. The van der Waals surface area contributed by atoms with Gasteiger partial charge in [-0.25, -0.2) is 24.7 Å². The molecule has 0 unspecified atom stereocenters. The number of amides is 1. The van der Waals surface area contributed by atoms with Gasteiger partial charge < -0.3 is 20.7 Å². The highest BCUT2D eigenvalue weighted by atomic mass is 19.3. The van der Waals surface area contributed by atoms with E-state index in [1.807, 2.05) is 25.3 Å². The lowest BCUT2D eigenvalue weighted by Gasteiger charge is -2.55. The van der Waals surface area contributed by atoms with Gasteiger partial charge in [-0.15, -0.1) is 5.10 Å². The quantitative estimate of drug-likeness (QED) is 0.201. The maximum atomic E-state index is 13.3. The molecule has 4 heterocycles. The summed E-state index contributed by atoms with van der Waals surface area (Å²) in [7, 11) is 0. The Bertz CT molecular complexity index is 1400. The van der Waals surface area contributed by atoms with Gasteiger partial charge in [-0.1, -0.05) is 12.1 Å². The topological polar surface area (TPSA) is 127 Å². The standard InChI is InChI=1S/C25H28F2N8O2/c1-15-2-3-16(22(28)32-35(29)18-7-25(26,27)8-18)6-19(15)31-23(36)20-9-30-21-5-4-17(10-34(20)21)33-11-24(12-33)13-37-14-24/h2-6,9-10,18H,7-8,11-14,29H2,1H3,(H2,28,32)(H,31,36). The van der Waals surface area contributed by atoms with Gasteiger partial charge in [0.15, 0.2) is 5.84 Å². The van der Waals surface area contributed by atoms with Crippen molar-refractivity contribution in [3.05, 3.63) is 59.5 Å². The minimum atomic E-state index is -2.71. The number of nitrogens with zero attached hydrogens (tertiary/aromatic N) is 5. The molecule has 37 heavy (non-hydrogen) atoms. The molecular formula is C25H28F2N8O2. The van der Waals surface area contributed by atoms with Crippen molar-refractivity contribution in [2.75, 3.05) is 36.5 Å². The number of hydrazine groups is 1. The number of carbonyl (C=O) groups excluding carboxylic acids is 1. The highest BCUT2D eigenvalue weighted by Crippen LogP contribution is 2.40. The van der Waals surface area contributed by atoms with Crippen molar-refractivity contribution in [2.45, 2.75) is 31.7 Å². The summed E-state index contributed by atoms with van der Waals surface area (Å²) in [4.78, 5) is 19.9. The fourth-order valence-corrected chi connectivity index (χ4v) is 5.03. The van der Waals surface area contributed by atoms with E-state index in [9.17, 15) is 13.6 Å². The Balaban J connectivity index is 1.19. The molecule has 194 valence electrons. The van der Waals surface area contributed by atoms with Crippen molar-refractivity contribution >= 4 is 28.8 Å². The Morgan fingerprint density at radius 3 is 2.68 bits per heavy atom. The first-order chi connectivity index (χ1) is 17.6. The van der Waals surface area contributed by atoms with Crippen LogP contribution in [0.25, 0.3) is 5.65 Å². The fraction of sp³-hybridized carbons (Fsp3) is 0.400. The SMILES string of the molecule is Cc1ccc(/C(N)=N/N(N)C2CC(F)(F)C2)cc1NC(=O)c1cnc2ccc(N3CC4(COC4)C3)cn12. The molecule has 0 bridgehead atoms. The molecule has 6 rings (SSSR count). The Hall–Kier alpha value is -3.77. The van der Waals surface area contributed by atoms with Crippen molar-refractivity contribution in [1.29, 1.82) is 0 Å². The molecule has 1 saturated carbocycles. The maximum Gasteiger partial charge on any atom is 0.274 e. The van der Waals surface area contributed by atoms with E-state index in [1.54, 1.807) is 28.8 Å². The van der Waals surface area contributed by atoms with Crippen LogP contribution < -0.4 is 21.8 Å². The van der Waals surface area contributed by atoms with Gasteiger partial charge in [0.05, 0.1) is 36.6 Å². The van der Waals surface area contributed by atoms with Crippen LogP contribution in [0.3, 0.4) is 0 Å². The van der Waals surface area contributed by atoms with Crippen molar-refractivity contribution in [3.63, 3.8) is 0 Å². The van der Waals surface area contributed by atoms with E-state index in [0.717, 1.165) is 42.7 Å². The molecule has 10 nitrogen and oxygen atoms in total. The summed E-state index contributed by atoms with van der Waals surface area (Å²) in [6.07, 6.45) is 2.76. The second-order valence-corrected chi connectivity index (χ2v) is 10.4. The molecule has 5 N–H and O–H groups in total. The summed E-state index contributed by atoms with van der Waals surface area (Å²) in [5, 5.41) is 7.99. The van der Waals surface area contributed by atoms with E-state index >= 15 is 0 Å². The predicted octanol–water partition coefficient (Wildman–Crippen LogP) is 2.33. The van der Waals surface area contributed by atoms with Crippen LogP contribution in [0, 0.1) is 12.3 Å². The second kappa shape index (κ2) is 8.38. The lowest BCUT2D eigenvalue weighted by molar-refractivity contribution is -0.127. The van der Waals surface area contributed by atoms with E-state index in [2.05, 4.69) is 20.3 Å². The number of halogens is 2. The number of alkyl halides is 2. The minimum absolute atomic E-state index is 0.0665. The fourth-order valence-electron chi connectivity index (χ4n) is 5.03. The predicted molar refractivity (Wildman–Crippen MR) is 135 cm³/mol. The van der Waals surface area contributed by atoms with Crippen molar-refractivity contribution in [1.82, 2.24) is 14.5 Å². The molecule has 1 aliphatic carbocycles. The van der Waals surface area contributed by atoms with Crippen molar-refractivity contribution in [2.24, 2.45) is 22.1 Å². The van der Waals surface area contributed by atoms with Gasteiger partial charge >= 0.3 is 0 Å². The molecule has 1 aromatic carbocycles. The summed E-state index contributed by atoms with van der Waals surface area (Å²) in [5.74, 6) is 2.85. The normalized spacial score (nSPS) is 20.3. The van der Waals surface area contributed by atoms with Gasteiger partial charge in [0.2, 0.25) is 0 Å². The first kappa shape index (κ1) is 23.6. The number of rotatable bonds is 6. The number of anilines is 2. The number of hydrogen-bond acceptors (Lipinski definition) is 7. The van der Waals surface area contributed by atoms with Gasteiger partial charge in [-0.05, 0) is 30.7 Å². The van der Waals surface area contributed by atoms with Crippen LogP contribution in [0.4, 0.5) is 20.2 Å². The molecule has 1 amide bonds. The van der Waals surface area contributed by atoms with E-state index in [-0.39, 0.29) is 30.0 Å². The first-order valence-corrected chi connectivity index (χ1v) is 12.1. The molecule has 2 aromatic heterocycles. The third-order valence-corrected chi connectivity index (χ3v) is 7.40. The Kier molecular flexibility index (Phi) is 5.35. The van der Waals surface area contributed by atoms with E-state index in [4.69, 9.17) is 16.3 Å². The number of benzene rings is 1. The zero-order valence-corrected chi connectivity index (χ0v) is 20.3. The number of ether oxygens (including phenoxy) is 1. The van der Waals surface area contributed by atoms with Crippen LogP contribution in [0.2, 0.25) is 0 Å². The minimum Gasteiger partial charge on any atom is -0.382 e. The van der Waals surface area contributed by atoms with Gasteiger partial charge in [0.25, 0.3) is 11.8 Å². The van der Waals surface area contributed by atoms with Crippen LogP contribution in [0.5, 0.6) is 0 Å². The highest BCUT2D eigenvalue weighted by Gasteiger charge is 2.49. The Morgan fingerprint density at radius 1 is 1.24 bits per heavy atom. The van der Waals surface area contributed by atoms with E-state index < -0.39 is 12.0 Å². The maximum absolute atomic E-state index is 13.3. The highest BCUT2D eigenvalue weighted by molar-refractivity contribution is 6.05. The number of hydrazone groups is 1. The van der Waals surface area contributed by atoms with Crippen LogP contribution in [0.1, 0.15) is 34.5 Å². The molecular weight excluding hydrogens is 482 g/mol. The van der Waals surface area contributed by atoms with Gasteiger partial charge in [-0.3, -0.25) is 9.20 Å². The van der Waals surface area contributed by atoms with Crippen molar-refractivity contribution < 1.29 is 18.3 Å². The zero-order valence-electron chi connectivity index (χ0n) is 20.3. The van der Waals surface area contributed by atoms with Crippen LogP contribution in [-0.4, -0.2) is 64.5 Å². The van der Waals surface area contributed by atoms with Gasteiger partial charge in [0, 0.05) is 43.4 Å². The number of aromatic nitrogens is 2. The Morgan fingerprint density at radius 2 is 2.00 bits per heavy atom.